The van der Waals surface area contributed by atoms with E-state index in [2.05, 4.69) is 5.16 Å². The molecular weight excluding hydrogens is 531 g/mol. The first-order chi connectivity index (χ1) is 15.3. The Hall–Kier alpha value is -2.68. The van der Waals surface area contributed by atoms with Crippen LogP contribution in [0.25, 0.3) is 0 Å². The molecule has 0 amide bonds. The highest BCUT2D eigenvalue weighted by Crippen LogP contribution is 2.36. The van der Waals surface area contributed by atoms with Crippen molar-refractivity contribution >= 4 is 33.0 Å². The van der Waals surface area contributed by atoms with Gasteiger partial charge in [0.05, 0.1) is 22.5 Å². The first kappa shape index (κ1) is 27.6. The molecule has 0 aromatic heterocycles. The van der Waals surface area contributed by atoms with Crippen molar-refractivity contribution in [3.8, 4) is 0 Å². The number of hydrogen-bond donors (Lipinski definition) is 1. The lowest BCUT2D eigenvalue weighted by molar-refractivity contribution is -0.143. The maximum atomic E-state index is 12.9. The topological polar surface area (TPSA) is 67.8 Å². The van der Waals surface area contributed by atoms with Gasteiger partial charge in [0, 0.05) is 10.6 Å². The zero-order valence-corrected chi connectivity index (χ0v) is 18.1. The summed E-state index contributed by atoms with van der Waals surface area (Å²) >= 11 is 5.76. The van der Waals surface area contributed by atoms with Crippen LogP contribution in [0.5, 0.6) is 0 Å². The van der Waals surface area contributed by atoms with Crippen molar-refractivity contribution in [2.45, 2.75) is 31.4 Å². The molecule has 16 heteroatoms. The third-order valence-electron chi connectivity index (χ3n) is 4.00. The van der Waals surface area contributed by atoms with Gasteiger partial charge in [0.2, 0.25) is 0 Å². The van der Waals surface area contributed by atoms with Crippen molar-refractivity contribution in [3.63, 3.8) is 0 Å². The summed E-state index contributed by atoms with van der Waals surface area (Å²) in [5.41, 5.74) is -10.6. The zero-order chi connectivity index (χ0) is 26.1. The molecule has 0 fully saturated rings. The van der Waals surface area contributed by atoms with Gasteiger partial charge in [-0.2, -0.15) is 47.9 Å². The monoisotopic (exact) mass is 542 g/mol. The minimum atomic E-state index is -5.82. The van der Waals surface area contributed by atoms with Gasteiger partial charge in [-0.1, -0.05) is 16.8 Å². The SMILES string of the molecule is CC(=NOCc1cc(C(F)(F)F)cc(C(F)(F)F)c1)c1cc(Cl)ccc1NS(=O)(=O)C(F)(F)F. The van der Waals surface area contributed by atoms with Gasteiger partial charge in [-0.25, -0.2) is 0 Å². The Labute approximate surface area is 191 Å². The summed E-state index contributed by atoms with van der Waals surface area (Å²) in [7, 11) is -5.82. The molecule has 0 aliphatic heterocycles. The van der Waals surface area contributed by atoms with E-state index in [1.165, 1.54) is 4.72 Å². The maximum Gasteiger partial charge on any atom is 0.516 e. The van der Waals surface area contributed by atoms with Crippen LogP contribution in [0.15, 0.2) is 41.6 Å². The fourth-order valence-electron chi connectivity index (χ4n) is 2.46. The third kappa shape index (κ3) is 6.91. The van der Waals surface area contributed by atoms with E-state index in [1.807, 2.05) is 0 Å². The highest BCUT2D eigenvalue weighted by atomic mass is 35.5. The lowest BCUT2D eigenvalue weighted by Crippen LogP contribution is -2.30. The molecule has 0 radical (unpaired) electrons. The smallest absolute Gasteiger partial charge is 0.391 e. The summed E-state index contributed by atoms with van der Waals surface area (Å²) in [6, 6.07) is 3.70. The van der Waals surface area contributed by atoms with Crippen LogP contribution in [-0.2, 0) is 33.8 Å². The molecule has 34 heavy (non-hydrogen) atoms. The molecule has 0 unspecified atom stereocenters. The van der Waals surface area contributed by atoms with Crippen molar-refractivity contribution in [1.82, 2.24) is 0 Å². The van der Waals surface area contributed by atoms with Crippen LogP contribution in [0.4, 0.5) is 45.2 Å². The number of anilines is 1. The van der Waals surface area contributed by atoms with E-state index >= 15 is 0 Å². The molecule has 0 spiro atoms. The lowest BCUT2D eigenvalue weighted by atomic mass is 10.1. The first-order valence-electron chi connectivity index (χ1n) is 8.65. The van der Waals surface area contributed by atoms with Crippen molar-refractivity contribution in [2.24, 2.45) is 5.16 Å². The molecule has 0 heterocycles. The van der Waals surface area contributed by atoms with E-state index in [4.69, 9.17) is 16.4 Å². The fourth-order valence-corrected chi connectivity index (χ4v) is 3.22. The van der Waals surface area contributed by atoms with Gasteiger partial charge in [0.25, 0.3) is 0 Å². The minimum absolute atomic E-state index is 0.0489. The van der Waals surface area contributed by atoms with Crippen molar-refractivity contribution in [2.75, 3.05) is 4.72 Å². The van der Waals surface area contributed by atoms with Gasteiger partial charge in [-0.3, -0.25) is 4.72 Å². The largest absolute Gasteiger partial charge is 0.516 e. The minimum Gasteiger partial charge on any atom is -0.391 e. The number of nitrogens with one attached hydrogen (secondary N) is 1. The van der Waals surface area contributed by atoms with E-state index in [1.54, 1.807) is 0 Å². The predicted octanol–water partition coefficient (Wildman–Crippen LogP) is 6.58. The van der Waals surface area contributed by atoms with Crippen molar-refractivity contribution in [3.05, 3.63) is 63.7 Å². The molecule has 0 saturated carbocycles. The van der Waals surface area contributed by atoms with Crippen LogP contribution in [0.2, 0.25) is 5.02 Å². The van der Waals surface area contributed by atoms with Gasteiger partial charge >= 0.3 is 27.9 Å². The van der Waals surface area contributed by atoms with Crippen LogP contribution in [0.3, 0.4) is 0 Å². The Kier molecular flexibility index (Phi) is 7.72. The number of sulfonamides is 1. The van der Waals surface area contributed by atoms with Crippen LogP contribution >= 0.6 is 11.6 Å². The molecule has 0 atom stereocenters. The van der Waals surface area contributed by atoms with E-state index in [0.717, 1.165) is 25.1 Å². The summed E-state index contributed by atoms with van der Waals surface area (Å²) in [5.74, 6) is 0. The van der Waals surface area contributed by atoms with E-state index in [0.29, 0.717) is 12.1 Å². The molecular formula is C18H12ClF9N2O3S. The Bertz CT molecular complexity index is 1160. The van der Waals surface area contributed by atoms with Gasteiger partial charge in [0.15, 0.2) is 0 Å². The average molecular weight is 543 g/mol. The summed E-state index contributed by atoms with van der Waals surface area (Å²) in [5, 5.41) is 3.40. The number of hydrogen-bond acceptors (Lipinski definition) is 4. The van der Waals surface area contributed by atoms with Crippen molar-refractivity contribution < 1.29 is 52.8 Å². The predicted molar refractivity (Wildman–Crippen MR) is 103 cm³/mol. The number of benzene rings is 2. The normalized spacial score (nSPS) is 13.7. The van der Waals surface area contributed by atoms with E-state index in [9.17, 15) is 47.9 Å². The van der Waals surface area contributed by atoms with E-state index in [-0.39, 0.29) is 22.4 Å². The number of rotatable bonds is 6. The highest BCUT2D eigenvalue weighted by Gasteiger charge is 2.46. The quantitative estimate of drug-likeness (QED) is 0.255. The maximum absolute atomic E-state index is 12.9. The lowest BCUT2D eigenvalue weighted by Gasteiger charge is -2.15. The molecule has 0 aliphatic carbocycles. The molecule has 2 aromatic rings. The number of alkyl halides is 9. The Morgan fingerprint density at radius 2 is 1.47 bits per heavy atom. The summed E-state index contributed by atoms with van der Waals surface area (Å²) in [6.45, 7) is 0.249. The number of nitrogens with zero attached hydrogens (tertiary/aromatic N) is 1. The average Bonchev–Trinajstić information content (AvgIpc) is 2.66. The molecule has 1 N–H and O–H groups in total. The Morgan fingerprint density at radius 3 is 1.94 bits per heavy atom. The summed E-state index contributed by atoms with van der Waals surface area (Å²) in [4.78, 5) is 4.77. The standard InChI is InChI=1S/C18H12ClF9N2O3S/c1-9(14-7-13(19)2-3-15(14)30-34(31,32)18(26,27)28)29-33-8-10-4-11(16(20,21)22)6-12(5-10)17(23,24)25/h2-7,30H,8H2,1H3. The molecule has 5 nitrogen and oxygen atoms in total. The summed E-state index contributed by atoms with van der Waals surface area (Å²) in [6.07, 6.45) is -10.2. The number of oxime groups is 1. The van der Waals surface area contributed by atoms with Gasteiger partial charge in [0.1, 0.15) is 6.61 Å². The van der Waals surface area contributed by atoms with Gasteiger partial charge < -0.3 is 4.84 Å². The van der Waals surface area contributed by atoms with Gasteiger partial charge in [-0.05, 0) is 48.9 Å². The molecule has 2 rings (SSSR count). The van der Waals surface area contributed by atoms with Gasteiger partial charge in [-0.15, -0.1) is 0 Å². The van der Waals surface area contributed by atoms with Crippen LogP contribution < -0.4 is 4.72 Å². The van der Waals surface area contributed by atoms with E-state index < -0.39 is 56.9 Å². The molecule has 188 valence electrons. The fraction of sp³-hybridized carbons (Fsp3) is 0.278. The number of halogens is 10. The molecule has 0 bridgehead atoms. The summed E-state index contributed by atoms with van der Waals surface area (Å²) < 4.78 is 140. The Balaban J connectivity index is 2.34. The highest BCUT2D eigenvalue weighted by molar-refractivity contribution is 7.93. The third-order valence-corrected chi connectivity index (χ3v) is 5.33. The second kappa shape index (κ2) is 9.52. The Morgan fingerprint density at radius 1 is 0.941 bits per heavy atom. The van der Waals surface area contributed by atoms with Crippen molar-refractivity contribution in [1.29, 1.82) is 0 Å². The van der Waals surface area contributed by atoms with Crippen LogP contribution in [0.1, 0.15) is 29.2 Å². The zero-order valence-electron chi connectivity index (χ0n) is 16.5. The van der Waals surface area contributed by atoms with Crippen LogP contribution in [0, 0.1) is 0 Å². The van der Waals surface area contributed by atoms with Crippen LogP contribution in [-0.4, -0.2) is 19.6 Å². The second-order valence-electron chi connectivity index (χ2n) is 6.61. The second-order valence-corrected chi connectivity index (χ2v) is 8.72. The first-order valence-corrected chi connectivity index (χ1v) is 10.5. The molecule has 0 aliphatic rings. The molecule has 0 saturated heterocycles. The molecule has 2 aromatic carbocycles.